The number of rotatable bonds is 2. The van der Waals surface area contributed by atoms with Gasteiger partial charge in [-0.3, -0.25) is 4.79 Å². The van der Waals surface area contributed by atoms with Crippen LogP contribution in [0, 0.1) is 40.4 Å². The van der Waals surface area contributed by atoms with Crippen LogP contribution in [-0.2, 0) is 9.53 Å². The van der Waals surface area contributed by atoms with Crippen LogP contribution in [0.2, 0.25) is 0 Å². The molecule has 26 heavy (non-hydrogen) atoms. The summed E-state index contributed by atoms with van der Waals surface area (Å²) in [6, 6.07) is 0.474. The Labute approximate surface area is 160 Å². The second-order valence-corrected chi connectivity index (χ2v) is 10.7. The Morgan fingerprint density at radius 2 is 1.85 bits per heavy atom. The standard InChI is InChI=1S/C23H39NO2/c1-14-13-18-16-7-8-19-22(3,12-10-20(25)24(19)5)17(16)9-11-23(18,4)21(14)15(2)26-6/h14-19,21H,7-13H2,1-6H3/t14-,15+,16+,17-,18-,19+,21+,22+,23-/m0/s1. The number of amides is 1. The molecule has 0 N–H and O–H groups in total. The molecule has 4 fully saturated rings. The highest BCUT2D eigenvalue weighted by atomic mass is 16.5. The van der Waals surface area contributed by atoms with Crippen molar-refractivity contribution in [1.29, 1.82) is 0 Å². The molecule has 0 aromatic heterocycles. The van der Waals surface area contributed by atoms with E-state index in [4.69, 9.17) is 4.74 Å². The first-order valence-corrected chi connectivity index (χ1v) is 11.0. The molecule has 0 spiro atoms. The van der Waals surface area contributed by atoms with E-state index in [1.165, 1.54) is 32.1 Å². The lowest BCUT2D eigenvalue weighted by Crippen LogP contribution is -2.61. The number of fused-ring (bicyclic) bond motifs is 5. The third-order valence-corrected chi connectivity index (χ3v) is 9.87. The molecule has 3 heteroatoms. The third-order valence-electron chi connectivity index (χ3n) is 9.87. The quantitative estimate of drug-likeness (QED) is 0.710. The Bertz CT molecular complexity index is 577. The molecule has 0 radical (unpaired) electrons. The lowest BCUT2D eigenvalue weighted by atomic mass is 9.46. The lowest BCUT2D eigenvalue weighted by molar-refractivity contribution is -0.160. The van der Waals surface area contributed by atoms with Crippen LogP contribution < -0.4 is 0 Å². The fourth-order valence-electron chi connectivity index (χ4n) is 8.70. The molecule has 0 unspecified atom stereocenters. The van der Waals surface area contributed by atoms with Gasteiger partial charge in [0.25, 0.3) is 0 Å². The van der Waals surface area contributed by atoms with E-state index in [1.54, 1.807) is 0 Å². The molecule has 0 aromatic rings. The average molecular weight is 362 g/mol. The number of likely N-dealkylation sites (tertiary alicyclic amines) is 1. The number of hydrogen-bond donors (Lipinski definition) is 0. The van der Waals surface area contributed by atoms with Gasteiger partial charge in [0.1, 0.15) is 0 Å². The summed E-state index contributed by atoms with van der Waals surface area (Å²) in [7, 11) is 3.95. The monoisotopic (exact) mass is 361 g/mol. The van der Waals surface area contributed by atoms with Gasteiger partial charge < -0.3 is 9.64 Å². The molecule has 4 rings (SSSR count). The van der Waals surface area contributed by atoms with E-state index >= 15 is 0 Å². The topological polar surface area (TPSA) is 29.5 Å². The fraction of sp³-hybridized carbons (Fsp3) is 0.957. The highest BCUT2D eigenvalue weighted by Gasteiger charge is 2.63. The Kier molecular flexibility index (Phi) is 4.49. The number of methoxy groups -OCH3 is 1. The second kappa shape index (κ2) is 6.22. The SMILES string of the molecule is CO[C@H](C)[C@H]1[C@@H](C)C[C@H]2[C@@H]3CC[C@H]4N(C)C(=O)CC[C@]4(C)[C@H]3CC[C@]12C. The van der Waals surface area contributed by atoms with Crippen molar-refractivity contribution in [3.05, 3.63) is 0 Å². The van der Waals surface area contributed by atoms with Gasteiger partial charge in [-0.15, -0.1) is 0 Å². The number of ether oxygens (including phenoxy) is 1. The predicted octanol–water partition coefficient (Wildman–Crippen LogP) is 4.75. The minimum Gasteiger partial charge on any atom is -0.381 e. The Morgan fingerprint density at radius 1 is 1.12 bits per heavy atom. The second-order valence-electron chi connectivity index (χ2n) is 10.7. The van der Waals surface area contributed by atoms with Gasteiger partial charge in [-0.2, -0.15) is 0 Å². The highest BCUT2D eigenvalue weighted by molar-refractivity contribution is 5.77. The van der Waals surface area contributed by atoms with Crippen LogP contribution in [0.3, 0.4) is 0 Å². The number of carbonyl (C=O) groups excluding carboxylic acids is 1. The molecule has 3 aliphatic carbocycles. The number of hydrogen-bond acceptors (Lipinski definition) is 2. The van der Waals surface area contributed by atoms with Crippen LogP contribution in [0.25, 0.3) is 0 Å². The lowest BCUT2D eigenvalue weighted by Gasteiger charge is -2.62. The molecule has 0 aromatic carbocycles. The van der Waals surface area contributed by atoms with Crippen LogP contribution in [0.15, 0.2) is 0 Å². The first kappa shape index (κ1) is 18.8. The van der Waals surface area contributed by atoms with Crippen molar-refractivity contribution in [3.63, 3.8) is 0 Å². The van der Waals surface area contributed by atoms with Gasteiger partial charge in [0.2, 0.25) is 5.91 Å². The van der Waals surface area contributed by atoms with E-state index < -0.39 is 0 Å². The summed E-state index contributed by atoms with van der Waals surface area (Å²) in [6.07, 6.45) is 8.85. The van der Waals surface area contributed by atoms with E-state index in [-0.39, 0.29) is 0 Å². The van der Waals surface area contributed by atoms with E-state index in [1.807, 2.05) is 7.11 Å². The molecule has 0 bridgehead atoms. The fourth-order valence-corrected chi connectivity index (χ4v) is 8.70. The first-order valence-electron chi connectivity index (χ1n) is 11.0. The van der Waals surface area contributed by atoms with Crippen molar-refractivity contribution in [1.82, 2.24) is 4.90 Å². The molecular formula is C23H39NO2. The molecule has 1 heterocycles. The maximum Gasteiger partial charge on any atom is 0.222 e. The zero-order chi connectivity index (χ0) is 18.9. The average Bonchev–Trinajstić information content (AvgIpc) is 2.88. The highest BCUT2D eigenvalue weighted by Crippen LogP contribution is 2.67. The summed E-state index contributed by atoms with van der Waals surface area (Å²) in [5, 5.41) is 0. The maximum atomic E-state index is 12.3. The summed E-state index contributed by atoms with van der Waals surface area (Å²) >= 11 is 0. The van der Waals surface area contributed by atoms with E-state index in [9.17, 15) is 4.79 Å². The van der Waals surface area contributed by atoms with Gasteiger partial charge in [0, 0.05) is 26.6 Å². The number of piperidine rings is 1. The maximum absolute atomic E-state index is 12.3. The van der Waals surface area contributed by atoms with E-state index in [0.29, 0.717) is 34.8 Å². The van der Waals surface area contributed by atoms with Gasteiger partial charge in [-0.05, 0) is 85.9 Å². The Morgan fingerprint density at radius 3 is 2.54 bits per heavy atom. The molecule has 9 atom stereocenters. The van der Waals surface area contributed by atoms with Gasteiger partial charge in [0.05, 0.1) is 6.10 Å². The molecule has 1 aliphatic heterocycles. The van der Waals surface area contributed by atoms with Crippen LogP contribution in [-0.4, -0.2) is 37.1 Å². The zero-order valence-electron chi connectivity index (χ0n) is 17.8. The summed E-state index contributed by atoms with van der Waals surface area (Å²) < 4.78 is 5.84. The normalized spacial score (nSPS) is 52.2. The van der Waals surface area contributed by atoms with Crippen molar-refractivity contribution < 1.29 is 9.53 Å². The van der Waals surface area contributed by atoms with Crippen LogP contribution >= 0.6 is 0 Å². The Balaban J connectivity index is 1.64. The molecular weight excluding hydrogens is 322 g/mol. The van der Waals surface area contributed by atoms with Crippen molar-refractivity contribution in [3.8, 4) is 0 Å². The Hall–Kier alpha value is -0.570. The molecule has 148 valence electrons. The number of carbonyl (C=O) groups is 1. The van der Waals surface area contributed by atoms with Crippen molar-refractivity contribution >= 4 is 5.91 Å². The minimum atomic E-state index is 0.334. The molecule has 1 saturated heterocycles. The van der Waals surface area contributed by atoms with Gasteiger partial charge >= 0.3 is 0 Å². The van der Waals surface area contributed by atoms with Crippen molar-refractivity contribution in [2.75, 3.05) is 14.2 Å². The van der Waals surface area contributed by atoms with E-state index in [0.717, 1.165) is 36.5 Å². The summed E-state index contributed by atoms with van der Waals surface area (Å²) in [5.74, 6) is 4.33. The first-order chi connectivity index (χ1) is 12.2. The summed E-state index contributed by atoms with van der Waals surface area (Å²) in [6.45, 7) is 9.87. The number of nitrogens with zero attached hydrogens (tertiary/aromatic N) is 1. The predicted molar refractivity (Wildman–Crippen MR) is 105 cm³/mol. The van der Waals surface area contributed by atoms with Crippen molar-refractivity contribution in [2.45, 2.75) is 84.8 Å². The molecule has 3 saturated carbocycles. The largest absolute Gasteiger partial charge is 0.381 e. The third kappa shape index (κ3) is 2.38. The van der Waals surface area contributed by atoms with Gasteiger partial charge in [-0.1, -0.05) is 20.8 Å². The van der Waals surface area contributed by atoms with Crippen molar-refractivity contribution in [2.24, 2.45) is 40.4 Å². The zero-order valence-corrected chi connectivity index (χ0v) is 17.8. The van der Waals surface area contributed by atoms with Gasteiger partial charge in [-0.25, -0.2) is 0 Å². The molecule has 1 amide bonds. The van der Waals surface area contributed by atoms with Crippen LogP contribution in [0.4, 0.5) is 0 Å². The van der Waals surface area contributed by atoms with E-state index in [2.05, 4.69) is 39.6 Å². The molecule has 3 nitrogen and oxygen atoms in total. The minimum absolute atomic E-state index is 0.334. The van der Waals surface area contributed by atoms with Crippen LogP contribution in [0.5, 0.6) is 0 Å². The summed E-state index contributed by atoms with van der Waals surface area (Å²) in [5.41, 5.74) is 0.775. The van der Waals surface area contributed by atoms with Gasteiger partial charge in [0.15, 0.2) is 0 Å². The summed E-state index contributed by atoms with van der Waals surface area (Å²) in [4.78, 5) is 14.4. The van der Waals surface area contributed by atoms with Crippen LogP contribution in [0.1, 0.15) is 72.6 Å². The smallest absolute Gasteiger partial charge is 0.222 e. The molecule has 4 aliphatic rings.